The highest BCUT2D eigenvalue weighted by Crippen LogP contribution is 2.36. The Morgan fingerprint density at radius 2 is 0.711 bits per heavy atom. The van der Waals surface area contributed by atoms with Crippen LogP contribution in [0.25, 0.3) is 22.8 Å². The molecule has 0 aromatic carbocycles. The molecule has 0 saturated carbocycles. The van der Waals surface area contributed by atoms with Crippen LogP contribution in [0.4, 0.5) is 0 Å². The Morgan fingerprint density at radius 1 is 0.333 bits per heavy atom. The molecule has 0 bridgehead atoms. The summed E-state index contributed by atoms with van der Waals surface area (Å²) in [7, 11) is 0. The second-order valence-corrected chi connectivity index (χ2v) is 12.7. The van der Waals surface area contributed by atoms with Crippen LogP contribution in [-0.4, -0.2) is 40.3 Å². The Bertz CT molecular complexity index is 1760. The summed E-state index contributed by atoms with van der Waals surface area (Å²) in [5, 5.41) is 18.1. The van der Waals surface area contributed by atoms with Crippen molar-refractivity contribution in [3.05, 3.63) is 144 Å². The van der Waals surface area contributed by atoms with Crippen LogP contribution in [0.15, 0.2) is 109 Å². The maximum Gasteiger partial charge on any atom is 0.111 e. The molecule has 6 aromatic heterocycles. The van der Waals surface area contributed by atoms with Crippen LogP contribution in [0.3, 0.4) is 0 Å². The van der Waals surface area contributed by atoms with E-state index in [2.05, 4.69) is 96.2 Å². The largest absolute Gasteiger partial charge is 0.256 e. The number of aromatic nitrogens is 8. The van der Waals surface area contributed by atoms with Crippen LogP contribution in [0, 0.1) is 0 Å². The summed E-state index contributed by atoms with van der Waals surface area (Å²) in [6.45, 7) is 12.8. The predicted molar refractivity (Wildman–Crippen MR) is 175 cm³/mol. The molecule has 6 heterocycles. The van der Waals surface area contributed by atoms with Crippen LogP contribution in [-0.2, 0) is 16.2 Å². The van der Waals surface area contributed by atoms with E-state index in [1.807, 2.05) is 72.8 Å². The number of pyridine rings is 4. The van der Waals surface area contributed by atoms with Gasteiger partial charge in [0, 0.05) is 17.8 Å². The van der Waals surface area contributed by atoms with E-state index >= 15 is 0 Å². The van der Waals surface area contributed by atoms with Gasteiger partial charge in [-0.1, -0.05) is 24.3 Å². The lowest BCUT2D eigenvalue weighted by molar-refractivity contribution is 0.538. The summed E-state index contributed by atoms with van der Waals surface area (Å²) in [6, 6.07) is 31.8. The summed E-state index contributed by atoms with van der Waals surface area (Å²) < 4.78 is 0. The molecule has 8 heteroatoms. The van der Waals surface area contributed by atoms with E-state index in [0.29, 0.717) is 0 Å². The molecular weight excluding hydrogens is 556 g/mol. The van der Waals surface area contributed by atoms with E-state index in [-0.39, 0.29) is 0 Å². The minimum absolute atomic E-state index is 0.471. The fourth-order valence-electron chi connectivity index (χ4n) is 5.29. The van der Waals surface area contributed by atoms with Crippen LogP contribution in [0.1, 0.15) is 75.7 Å². The molecule has 0 aliphatic carbocycles. The highest BCUT2D eigenvalue weighted by Gasteiger charge is 2.33. The van der Waals surface area contributed by atoms with Gasteiger partial charge in [0.1, 0.15) is 11.4 Å². The van der Waals surface area contributed by atoms with Crippen LogP contribution >= 0.6 is 0 Å². The van der Waals surface area contributed by atoms with Gasteiger partial charge in [-0.3, -0.25) is 19.9 Å². The molecule has 0 fully saturated rings. The smallest absolute Gasteiger partial charge is 0.111 e. The van der Waals surface area contributed by atoms with Crippen molar-refractivity contribution in [3.8, 4) is 22.8 Å². The normalized spacial score (nSPS) is 12.2. The molecule has 0 N–H and O–H groups in total. The van der Waals surface area contributed by atoms with Crippen molar-refractivity contribution in [2.45, 2.75) is 57.8 Å². The summed E-state index contributed by atoms with van der Waals surface area (Å²) in [6.07, 6.45) is 3.51. The van der Waals surface area contributed by atoms with Gasteiger partial charge in [0.2, 0.25) is 0 Å². The number of hydrogen-bond acceptors (Lipinski definition) is 8. The minimum atomic E-state index is -0.473. The Labute approximate surface area is 264 Å². The Balaban J connectivity index is 1.27. The average molecular weight is 593 g/mol. The molecule has 224 valence electrons. The van der Waals surface area contributed by atoms with Crippen LogP contribution in [0.5, 0.6) is 0 Å². The van der Waals surface area contributed by atoms with Crippen LogP contribution < -0.4 is 0 Å². The van der Waals surface area contributed by atoms with Gasteiger partial charge < -0.3 is 0 Å². The Hall–Kier alpha value is -5.24. The van der Waals surface area contributed by atoms with E-state index in [1.165, 1.54) is 0 Å². The summed E-state index contributed by atoms with van der Waals surface area (Å²) in [4.78, 5) is 19.2. The van der Waals surface area contributed by atoms with E-state index in [1.54, 1.807) is 12.4 Å². The van der Waals surface area contributed by atoms with Gasteiger partial charge in [-0.25, -0.2) is 0 Å². The lowest BCUT2D eigenvalue weighted by atomic mass is 9.80. The molecule has 6 aromatic rings. The van der Waals surface area contributed by atoms with Crippen molar-refractivity contribution in [1.82, 2.24) is 40.3 Å². The number of hydrogen-bond donors (Lipinski definition) is 0. The lowest BCUT2D eigenvalue weighted by Gasteiger charge is -2.30. The monoisotopic (exact) mass is 592 g/mol. The Morgan fingerprint density at radius 3 is 1.02 bits per heavy atom. The molecule has 0 aliphatic heterocycles. The predicted octanol–water partition coefficient (Wildman–Crippen LogP) is 7.16. The molecule has 0 spiro atoms. The molecule has 0 atom stereocenters. The molecule has 0 radical (unpaired) electrons. The molecule has 45 heavy (non-hydrogen) atoms. The third kappa shape index (κ3) is 5.83. The minimum Gasteiger partial charge on any atom is -0.256 e. The van der Waals surface area contributed by atoms with Gasteiger partial charge in [0.15, 0.2) is 0 Å². The van der Waals surface area contributed by atoms with Gasteiger partial charge >= 0.3 is 0 Å². The van der Waals surface area contributed by atoms with E-state index in [9.17, 15) is 0 Å². The zero-order valence-corrected chi connectivity index (χ0v) is 26.5. The summed E-state index contributed by atoms with van der Waals surface area (Å²) in [5.41, 5.74) is 6.98. The molecule has 0 amide bonds. The topological polar surface area (TPSA) is 103 Å². The number of nitrogens with zero attached hydrogens (tertiary/aromatic N) is 8. The van der Waals surface area contributed by atoms with Crippen molar-refractivity contribution in [1.29, 1.82) is 0 Å². The summed E-state index contributed by atoms with van der Waals surface area (Å²) >= 11 is 0. The van der Waals surface area contributed by atoms with Crippen molar-refractivity contribution in [3.63, 3.8) is 0 Å². The molecule has 6 rings (SSSR count). The van der Waals surface area contributed by atoms with Crippen molar-refractivity contribution in [2.75, 3.05) is 0 Å². The van der Waals surface area contributed by atoms with Gasteiger partial charge in [0.05, 0.1) is 56.4 Å². The highest BCUT2D eigenvalue weighted by molar-refractivity contribution is 5.54. The molecule has 0 saturated heterocycles. The van der Waals surface area contributed by atoms with Crippen molar-refractivity contribution >= 4 is 0 Å². The van der Waals surface area contributed by atoms with Gasteiger partial charge in [-0.05, 0) is 114 Å². The molecule has 0 aliphatic rings. The fraction of sp³-hybridized carbons (Fsp3) is 0.243. The molecule has 8 nitrogen and oxygen atoms in total. The zero-order chi connectivity index (χ0) is 31.7. The first kappa shape index (κ1) is 29.8. The van der Waals surface area contributed by atoms with E-state index in [4.69, 9.17) is 9.97 Å². The zero-order valence-electron chi connectivity index (χ0n) is 26.5. The molecule has 0 unspecified atom stereocenters. The van der Waals surface area contributed by atoms with Gasteiger partial charge in [0.25, 0.3) is 0 Å². The van der Waals surface area contributed by atoms with Gasteiger partial charge in [-0.15, -0.1) is 10.2 Å². The first-order chi connectivity index (χ1) is 21.6. The Kier molecular flexibility index (Phi) is 7.74. The quantitative estimate of drug-likeness (QED) is 0.183. The molecular formula is C37H36N8. The van der Waals surface area contributed by atoms with E-state index in [0.717, 1.165) is 56.9 Å². The van der Waals surface area contributed by atoms with E-state index < -0.39 is 16.2 Å². The third-order valence-corrected chi connectivity index (χ3v) is 8.52. The highest BCUT2D eigenvalue weighted by atomic mass is 15.1. The second kappa shape index (κ2) is 11.7. The second-order valence-electron chi connectivity index (χ2n) is 12.7. The number of rotatable bonds is 8. The lowest BCUT2D eigenvalue weighted by Crippen LogP contribution is -2.29. The fourth-order valence-corrected chi connectivity index (χ4v) is 5.29. The third-order valence-electron chi connectivity index (χ3n) is 8.52. The maximum atomic E-state index is 5.19. The van der Waals surface area contributed by atoms with Crippen molar-refractivity contribution < 1.29 is 0 Å². The summed E-state index contributed by atoms with van der Waals surface area (Å²) in [5.74, 6) is 0. The SMILES string of the molecule is CC(C)(c1ccc(-c2ccccn2)nn1)c1cccc(C(C)(C)c2cccc(C(C)(C)c3ccc(-c4ccccn4)nn3)n2)n1. The maximum absolute atomic E-state index is 5.19. The first-order valence-electron chi connectivity index (χ1n) is 15.0. The van der Waals surface area contributed by atoms with Crippen LogP contribution in [0.2, 0.25) is 0 Å². The first-order valence-corrected chi connectivity index (χ1v) is 15.0. The average Bonchev–Trinajstić information content (AvgIpc) is 3.09. The standard InChI is InChI=1S/C37H36N8/c1-35(2,29-15-11-17-31(40-29)36(3,4)33-21-19-27(42-44-33)25-13-7-9-23-38-25)30-16-12-18-32(41-30)37(5,6)34-22-20-28(43-45-34)26-14-8-10-24-39-26/h7-24H,1-6H3. The van der Waals surface area contributed by atoms with Crippen molar-refractivity contribution in [2.24, 2.45) is 0 Å². The van der Waals surface area contributed by atoms with Gasteiger partial charge in [-0.2, -0.15) is 10.2 Å².